The molecule has 0 saturated carbocycles. The lowest BCUT2D eigenvalue weighted by molar-refractivity contribution is 0.0421. The van der Waals surface area contributed by atoms with Crippen molar-refractivity contribution >= 4 is 28.1 Å². The van der Waals surface area contributed by atoms with Crippen LogP contribution in [-0.4, -0.2) is 34.9 Å². The third-order valence-corrected chi connectivity index (χ3v) is 2.57. The van der Waals surface area contributed by atoms with Crippen LogP contribution < -0.4 is 10.6 Å². The van der Waals surface area contributed by atoms with E-state index in [1.54, 1.807) is 41.5 Å². The standard InChI is InChI=1S/C14H27BrN2O4/c1-13(2,3)20-11(18)16-10(8-7-9-15)17-12(19)21-14(4,5)6/h10H,7-9H2,1-6H3,(H,16,18)(H,17,19). The van der Waals surface area contributed by atoms with Gasteiger partial charge in [0, 0.05) is 5.33 Å². The van der Waals surface area contributed by atoms with Crippen LogP contribution in [0.25, 0.3) is 0 Å². The lowest BCUT2D eigenvalue weighted by Crippen LogP contribution is -2.50. The second-order valence-electron chi connectivity index (χ2n) is 6.68. The monoisotopic (exact) mass is 366 g/mol. The Balaban J connectivity index is 4.51. The zero-order valence-electron chi connectivity index (χ0n) is 13.7. The molecule has 0 bridgehead atoms. The lowest BCUT2D eigenvalue weighted by atomic mass is 10.2. The van der Waals surface area contributed by atoms with Gasteiger partial charge in [0.1, 0.15) is 17.4 Å². The maximum atomic E-state index is 11.8. The summed E-state index contributed by atoms with van der Waals surface area (Å²) in [7, 11) is 0. The fraction of sp³-hybridized carbons (Fsp3) is 0.857. The molecule has 0 aliphatic carbocycles. The second-order valence-corrected chi connectivity index (χ2v) is 7.47. The van der Waals surface area contributed by atoms with Crippen molar-refractivity contribution in [2.24, 2.45) is 0 Å². The van der Waals surface area contributed by atoms with Gasteiger partial charge in [0.05, 0.1) is 0 Å². The average molecular weight is 367 g/mol. The van der Waals surface area contributed by atoms with Gasteiger partial charge in [-0.2, -0.15) is 0 Å². The number of hydrogen-bond donors (Lipinski definition) is 2. The number of alkyl carbamates (subject to hydrolysis) is 2. The van der Waals surface area contributed by atoms with Gasteiger partial charge in [-0.15, -0.1) is 0 Å². The van der Waals surface area contributed by atoms with Gasteiger partial charge >= 0.3 is 12.2 Å². The van der Waals surface area contributed by atoms with Crippen molar-refractivity contribution in [2.75, 3.05) is 5.33 Å². The fourth-order valence-electron chi connectivity index (χ4n) is 1.36. The fourth-order valence-corrected chi connectivity index (χ4v) is 1.69. The van der Waals surface area contributed by atoms with E-state index in [1.807, 2.05) is 0 Å². The Labute approximate surface area is 135 Å². The largest absolute Gasteiger partial charge is 0.444 e. The minimum absolute atomic E-state index is 0.535. The number of halogens is 1. The molecule has 21 heavy (non-hydrogen) atoms. The molecule has 0 radical (unpaired) electrons. The molecule has 0 saturated heterocycles. The van der Waals surface area contributed by atoms with Gasteiger partial charge in [0.25, 0.3) is 0 Å². The highest BCUT2D eigenvalue weighted by Crippen LogP contribution is 2.09. The molecule has 0 atom stereocenters. The Kier molecular flexibility index (Phi) is 8.06. The number of ether oxygens (including phenoxy) is 2. The van der Waals surface area contributed by atoms with Gasteiger partial charge in [-0.05, 0) is 54.4 Å². The molecule has 0 aliphatic rings. The number of alkyl halides is 1. The van der Waals surface area contributed by atoms with Crippen LogP contribution >= 0.6 is 15.9 Å². The smallest absolute Gasteiger partial charge is 0.409 e. The van der Waals surface area contributed by atoms with Gasteiger partial charge in [0.2, 0.25) is 0 Å². The summed E-state index contributed by atoms with van der Waals surface area (Å²) < 4.78 is 10.4. The van der Waals surface area contributed by atoms with Crippen LogP contribution in [0.15, 0.2) is 0 Å². The molecule has 0 aliphatic heterocycles. The van der Waals surface area contributed by atoms with E-state index in [0.29, 0.717) is 6.42 Å². The average Bonchev–Trinajstić information content (AvgIpc) is 2.20. The topological polar surface area (TPSA) is 76.7 Å². The van der Waals surface area contributed by atoms with E-state index in [4.69, 9.17) is 9.47 Å². The first kappa shape index (κ1) is 20.0. The molecule has 0 fully saturated rings. The minimum Gasteiger partial charge on any atom is -0.444 e. The number of rotatable bonds is 5. The van der Waals surface area contributed by atoms with E-state index in [9.17, 15) is 9.59 Å². The molecule has 2 N–H and O–H groups in total. The molecular weight excluding hydrogens is 340 g/mol. The van der Waals surface area contributed by atoms with Gasteiger partial charge < -0.3 is 20.1 Å². The van der Waals surface area contributed by atoms with E-state index in [1.165, 1.54) is 0 Å². The van der Waals surface area contributed by atoms with Crippen LogP contribution in [0.2, 0.25) is 0 Å². The predicted molar refractivity (Wildman–Crippen MR) is 85.6 cm³/mol. The Morgan fingerprint density at radius 2 is 1.33 bits per heavy atom. The molecule has 2 amide bonds. The van der Waals surface area contributed by atoms with Crippen LogP contribution in [0.3, 0.4) is 0 Å². The molecule has 0 rings (SSSR count). The quantitative estimate of drug-likeness (QED) is 0.576. The molecule has 7 heteroatoms. The Morgan fingerprint density at radius 1 is 0.952 bits per heavy atom. The number of nitrogens with one attached hydrogen (secondary N) is 2. The predicted octanol–water partition coefficient (Wildman–Crippen LogP) is 3.54. The van der Waals surface area contributed by atoms with Crippen molar-refractivity contribution in [1.29, 1.82) is 0 Å². The molecule has 0 spiro atoms. The molecule has 0 aromatic rings. The van der Waals surface area contributed by atoms with Crippen LogP contribution in [-0.2, 0) is 9.47 Å². The third-order valence-electron chi connectivity index (χ3n) is 2.01. The normalized spacial score (nSPS) is 12.0. The first-order valence-electron chi connectivity index (χ1n) is 6.98. The number of carbonyl (C=O) groups excluding carboxylic acids is 2. The SMILES string of the molecule is CC(C)(C)OC(=O)NC(CCCBr)NC(=O)OC(C)(C)C. The number of carbonyl (C=O) groups is 2. The van der Waals surface area contributed by atoms with E-state index in [2.05, 4.69) is 26.6 Å². The summed E-state index contributed by atoms with van der Waals surface area (Å²) in [5.41, 5.74) is -1.17. The maximum absolute atomic E-state index is 11.8. The zero-order chi connectivity index (χ0) is 16.7. The molecule has 0 unspecified atom stereocenters. The number of amides is 2. The highest BCUT2D eigenvalue weighted by atomic mass is 79.9. The lowest BCUT2D eigenvalue weighted by Gasteiger charge is -2.26. The van der Waals surface area contributed by atoms with Crippen LogP contribution in [0.5, 0.6) is 0 Å². The van der Waals surface area contributed by atoms with Gasteiger partial charge in [-0.3, -0.25) is 0 Å². The summed E-state index contributed by atoms with van der Waals surface area (Å²) >= 11 is 3.32. The van der Waals surface area contributed by atoms with Crippen molar-refractivity contribution in [2.45, 2.75) is 71.8 Å². The van der Waals surface area contributed by atoms with Crippen LogP contribution in [0, 0.1) is 0 Å². The van der Waals surface area contributed by atoms with E-state index in [0.717, 1.165) is 11.8 Å². The Bertz CT molecular complexity index is 318. The number of hydrogen-bond acceptors (Lipinski definition) is 4. The van der Waals surface area contributed by atoms with Crippen molar-refractivity contribution in [3.63, 3.8) is 0 Å². The molecule has 124 valence electrons. The molecule has 6 nitrogen and oxygen atoms in total. The summed E-state index contributed by atoms with van der Waals surface area (Å²) in [5.74, 6) is 0. The Morgan fingerprint density at radius 3 is 1.62 bits per heavy atom. The van der Waals surface area contributed by atoms with Crippen molar-refractivity contribution in [3.05, 3.63) is 0 Å². The van der Waals surface area contributed by atoms with Crippen molar-refractivity contribution < 1.29 is 19.1 Å². The van der Waals surface area contributed by atoms with Gasteiger partial charge in [-0.1, -0.05) is 15.9 Å². The van der Waals surface area contributed by atoms with Crippen LogP contribution in [0.1, 0.15) is 54.4 Å². The molecule has 0 aromatic carbocycles. The molecular formula is C14H27BrN2O4. The summed E-state index contributed by atoms with van der Waals surface area (Å²) in [4.78, 5) is 23.5. The maximum Gasteiger partial charge on any atom is 0.409 e. The van der Waals surface area contributed by atoms with Crippen molar-refractivity contribution in [1.82, 2.24) is 10.6 Å². The summed E-state index contributed by atoms with van der Waals surface area (Å²) in [6, 6.07) is 0. The van der Waals surface area contributed by atoms with E-state index in [-0.39, 0.29) is 0 Å². The van der Waals surface area contributed by atoms with Gasteiger partial charge in [0.15, 0.2) is 0 Å². The summed E-state index contributed by atoms with van der Waals surface area (Å²) in [5, 5.41) is 6.04. The Hall–Kier alpha value is -0.980. The zero-order valence-corrected chi connectivity index (χ0v) is 15.3. The summed E-state index contributed by atoms with van der Waals surface area (Å²) in [6.45, 7) is 10.7. The van der Waals surface area contributed by atoms with E-state index >= 15 is 0 Å². The first-order valence-corrected chi connectivity index (χ1v) is 8.10. The van der Waals surface area contributed by atoms with Gasteiger partial charge in [-0.25, -0.2) is 9.59 Å². The van der Waals surface area contributed by atoms with E-state index < -0.39 is 29.6 Å². The molecule has 0 aromatic heterocycles. The highest BCUT2D eigenvalue weighted by Gasteiger charge is 2.23. The van der Waals surface area contributed by atoms with Crippen LogP contribution in [0.4, 0.5) is 9.59 Å². The second kappa shape index (κ2) is 8.46. The summed E-state index contributed by atoms with van der Waals surface area (Å²) in [6.07, 6.45) is -0.316. The molecule has 0 heterocycles. The highest BCUT2D eigenvalue weighted by molar-refractivity contribution is 9.09. The minimum atomic E-state index is -0.587. The first-order chi connectivity index (χ1) is 9.43. The third kappa shape index (κ3) is 12.5. The van der Waals surface area contributed by atoms with Crippen molar-refractivity contribution in [3.8, 4) is 0 Å².